The zero-order valence-electron chi connectivity index (χ0n) is 16.4. The predicted octanol–water partition coefficient (Wildman–Crippen LogP) is 5.41. The van der Waals surface area contributed by atoms with Crippen molar-refractivity contribution in [3.8, 4) is 11.3 Å². The van der Waals surface area contributed by atoms with Crippen molar-refractivity contribution in [1.82, 2.24) is 10.3 Å². The Kier molecular flexibility index (Phi) is 6.45. The second-order valence-electron chi connectivity index (χ2n) is 6.85. The Labute approximate surface area is 182 Å². The maximum Gasteiger partial charge on any atom is 0.240 e. The van der Waals surface area contributed by atoms with E-state index in [0.717, 1.165) is 23.3 Å². The molecule has 0 aliphatic heterocycles. The van der Waals surface area contributed by atoms with Crippen LogP contribution in [0.15, 0.2) is 84.2 Å². The van der Waals surface area contributed by atoms with Gasteiger partial charge < -0.3 is 5.32 Å². The first kappa shape index (κ1) is 20.8. The van der Waals surface area contributed by atoms with Gasteiger partial charge in [-0.15, -0.1) is 11.3 Å². The van der Waals surface area contributed by atoms with Gasteiger partial charge in [-0.05, 0) is 29.3 Å². The molecule has 0 aliphatic rings. The van der Waals surface area contributed by atoms with Crippen molar-refractivity contribution in [2.75, 3.05) is 11.9 Å². The quantitative estimate of drug-likeness (QED) is 0.408. The highest BCUT2D eigenvalue weighted by molar-refractivity contribution is 7.14. The molecule has 2 N–H and O–H groups in total. The average Bonchev–Trinajstić information content (AvgIpc) is 3.25. The highest BCUT2D eigenvalue weighted by atomic mass is 32.1. The van der Waals surface area contributed by atoms with E-state index in [4.69, 9.17) is 0 Å². The summed E-state index contributed by atoms with van der Waals surface area (Å²) in [4.78, 5) is 16.8. The second-order valence-corrected chi connectivity index (χ2v) is 7.71. The molecule has 0 bridgehead atoms. The second kappa shape index (κ2) is 9.59. The van der Waals surface area contributed by atoms with Crippen LogP contribution < -0.4 is 10.6 Å². The number of hydrogen-bond acceptors (Lipinski definition) is 4. The molecular weight excluding hydrogens is 416 g/mol. The summed E-state index contributed by atoms with van der Waals surface area (Å²) < 4.78 is 26.6. The van der Waals surface area contributed by atoms with Gasteiger partial charge in [-0.3, -0.25) is 10.1 Å². The number of thiazole rings is 1. The van der Waals surface area contributed by atoms with Gasteiger partial charge in [-0.25, -0.2) is 13.8 Å². The van der Waals surface area contributed by atoms with E-state index in [0.29, 0.717) is 16.4 Å². The molecule has 0 radical (unpaired) electrons. The molecule has 1 heterocycles. The van der Waals surface area contributed by atoms with Crippen LogP contribution in [0.2, 0.25) is 0 Å². The molecule has 0 aliphatic carbocycles. The fourth-order valence-corrected chi connectivity index (χ4v) is 3.93. The lowest BCUT2D eigenvalue weighted by molar-refractivity contribution is -0.115. The first-order chi connectivity index (χ1) is 15.1. The minimum absolute atomic E-state index is 0.0779. The van der Waals surface area contributed by atoms with E-state index < -0.39 is 11.6 Å². The summed E-state index contributed by atoms with van der Waals surface area (Å²) in [7, 11) is 0. The molecule has 0 fully saturated rings. The van der Waals surface area contributed by atoms with Gasteiger partial charge in [0.25, 0.3) is 0 Å². The van der Waals surface area contributed by atoms with Crippen molar-refractivity contribution in [2.24, 2.45) is 0 Å². The standard InChI is InChI=1S/C24H19F2N3OS/c25-19-12-11-18(13-20(19)26)21-15-31-24(28-21)29-22(30)14-27-23(16-7-3-1-4-8-16)17-9-5-2-6-10-17/h1-13,15,23,27H,14H2,(H,28,29,30). The van der Waals surface area contributed by atoms with E-state index in [1.165, 1.54) is 17.4 Å². The summed E-state index contributed by atoms with van der Waals surface area (Å²) in [5, 5.41) is 8.13. The molecule has 31 heavy (non-hydrogen) atoms. The lowest BCUT2D eigenvalue weighted by Gasteiger charge is -2.19. The maximum absolute atomic E-state index is 13.5. The molecular formula is C24H19F2N3OS. The lowest BCUT2D eigenvalue weighted by atomic mass is 9.99. The maximum atomic E-state index is 13.5. The Balaban J connectivity index is 1.42. The fourth-order valence-electron chi connectivity index (χ4n) is 3.20. The van der Waals surface area contributed by atoms with Crippen molar-refractivity contribution < 1.29 is 13.6 Å². The number of benzene rings is 3. The van der Waals surface area contributed by atoms with Crippen LogP contribution in [-0.2, 0) is 4.79 Å². The zero-order valence-corrected chi connectivity index (χ0v) is 17.2. The number of aromatic nitrogens is 1. The number of halogens is 2. The third-order valence-corrected chi connectivity index (χ3v) is 5.46. The molecule has 4 nitrogen and oxygen atoms in total. The van der Waals surface area contributed by atoms with Crippen molar-refractivity contribution >= 4 is 22.4 Å². The van der Waals surface area contributed by atoms with Crippen molar-refractivity contribution in [1.29, 1.82) is 0 Å². The Morgan fingerprint density at radius 1 is 0.903 bits per heavy atom. The summed E-state index contributed by atoms with van der Waals surface area (Å²) in [5.41, 5.74) is 3.02. The topological polar surface area (TPSA) is 54.0 Å². The highest BCUT2D eigenvalue weighted by Gasteiger charge is 2.16. The first-order valence-corrected chi connectivity index (χ1v) is 10.5. The van der Waals surface area contributed by atoms with Gasteiger partial charge in [0.2, 0.25) is 5.91 Å². The summed E-state index contributed by atoms with van der Waals surface area (Å²) in [5.74, 6) is -2.10. The Morgan fingerprint density at radius 3 is 2.16 bits per heavy atom. The number of rotatable bonds is 7. The van der Waals surface area contributed by atoms with Crippen LogP contribution in [-0.4, -0.2) is 17.4 Å². The average molecular weight is 435 g/mol. The van der Waals surface area contributed by atoms with Gasteiger partial charge >= 0.3 is 0 Å². The van der Waals surface area contributed by atoms with Gasteiger partial charge in [0.1, 0.15) is 0 Å². The molecule has 0 spiro atoms. The van der Waals surface area contributed by atoms with E-state index in [1.807, 2.05) is 60.7 Å². The minimum atomic E-state index is -0.937. The van der Waals surface area contributed by atoms with E-state index in [1.54, 1.807) is 5.38 Å². The van der Waals surface area contributed by atoms with Gasteiger partial charge in [-0.2, -0.15) is 0 Å². The number of hydrogen-bond donors (Lipinski definition) is 2. The van der Waals surface area contributed by atoms with Gasteiger partial charge in [0.05, 0.1) is 18.3 Å². The van der Waals surface area contributed by atoms with Crippen LogP contribution in [0.1, 0.15) is 17.2 Å². The molecule has 1 amide bonds. The Morgan fingerprint density at radius 2 is 1.55 bits per heavy atom. The molecule has 0 atom stereocenters. The molecule has 1 aromatic heterocycles. The van der Waals surface area contributed by atoms with Gasteiger partial charge in [-0.1, -0.05) is 60.7 Å². The number of nitrogens with one attached hydrogen (secondary N) is 2. The molecule has 4 aromatic rings. The lowest BCUT2D eigenvalue weighted by Crippen LogP contribution is -2.31. The SMILES string of the molecule is O=C(CNC(c1ccccc1)c1ccccc1)Nc1nc(-c2ccc(F)c(F)c2)cs1. The van der Waals surface area contributed by atoms with Crippen LogP contribution in [0.5, 0.6) is 0 Å². The third kappa shape index (κ3) is 5.20. The van der Waals surface area contributed by atoms with E-state index in [2.05, 4.69) is 15.6 Å². The molecule has 156 valence electrons. The number of carbonyl (C=O) groups excluding carboxylic acids is 1. The number of carbonyl (C=O) groups is 1. The molecule has 0 saturated carbocycles. The smallest absolute Gasteiger partial charge is 0.240 e. The Bertz CT molecular complexity index is 1130. The Hall–Kier alpha value is -3.42. The van der Waals surface area contributed by atoms with Crippen LogP contribution in [0.3, 0.4) is 0 Å². The van der Waals surface area contributed by atoms with Crippen LogP contribution in [0.25, 0.3) is 11.3 Å². The van der Waals surface area contributed by atoms with Crippen LogP contribution >= 0.6 is 11.3 Å². The van der Waals surface area contributed by atoms with E-state index in [9.17, 15) is 13.6 Å². The van der Waals surface area contributed by atoms with Crippen molar-refractivity contribution in [2.45, 2.75) is 6.04 Å². The predicted molar refractivity (Wildman–Crippen MR) is 119 cm³/mol. The highest BCUT2D eigenvalue weighted by Crippen LogP contribution is 2.26. The summed E-state index contributed by atoms with van der Waals surface area (Å²) >= 11 is 1.22. The van der Waals surface area contributed by atoms with Gasteiger partial charge in [0, 0.05) is 10.9 Å². The summed E-state index contributed by atoms with van der Waals surface area (Å²) in [6, 6.07) is 23.2. The zero-order chi connectivity index (χ0) is 21.6. The summed E-state index contributed by atoms with van der Waals surface area (Å²) in [6.45, 7) is 0.0779. The largest absolute Gasteiger partial charge is 0.301 e. The number of anilines is 1. The fraction of sp³-hybridized carbons (Fsp3) is 0.0833. The molecule has 3 aromatic carbocycles. The molecule has 0 saturated heterocycles. The monoisotopic (exact) mass is 435 g/mol. The number of nitrogens with zero attached hydrogens (tertiary/aromatic N) is 1. The normalized spacial score (nSPS) is 10.9. The minimum Gasteiger partial charge on any atom is -0.301 e. The summed E-state index contributed by atoms with van der Waals surface area (Å²) in [6.07, 6.45) is 0. The van der Waals surface area contributed by atoms with Gasteiger partial charge in [0.15, 0.2) is 16.8 Å². The van der Waals surface area contributed by atoms with Crippen LogP contribution in [0.4, 0.5) is 13.9 Å². The van der Waals surface area contributed by atoms with Crippen molar-refractivity contribution in [3.05, 3.63) is 107 Å². The molecule has 4 rings (SSSR count). The molecule has 0 unspecified atom stereocenters. The van der Waals surface area contributed by atoms with Crippen LogP contribution in [0, 0.1) is 11.6 Å². The third-order valence-electron chi connectivity index (χ3n) is 4.70. The van der Waals surface area contributed by atoms with E-state index >= 15 is 0 Å². The van der Waals surface area contributed by atoms with E-state index in [-0.39, 0.29) is 18.5 Å². The first-order valence-electron chi connectivity index (χ1n) is 9.64. The van der Waals surface area contributed by atoms with Crippen molar-refractivity contribution in [3.63, 3.8) is 0 Å². The number of amides is 1. The molecule has 7 heteroatoms.